The zero-order valence-corrected chi connectivity index (χ0v) is 35.4. The number of benzene rings is 2. The molecule has 8 rings (SSSR count). The van der Waals surface area contributed by atoms with Crippen molar-refractivity contribution >= 4 is 83.1 Å². The standard InChI is InChI=1S/C20H18N4O4S.C13H10BrN3O2S.C7H9NO2/c1-3-28-18(25)15-16-17(21-12-29-16)24(22-15)14-6-4-5-13(11-14)7-8-20(27)9-10-23(2)19(20)26;1-2-19-13(18)10-11-12(15-7-20-11)17(16-10)9-5-3-4-8(14)6-9;1-3-7(10)4-5-8(2)6(7)9/h4-6,11-12,27H,3,9-10H2,1-2H3;3-7H,2H2,1H3;1,10H,4-5H2,2H3/t20-;;7-/m0.0/s1. The van der Waals surface area contributed by atoms with Crippen LogP contribution in [0, 0.1) is 24.2 Å². The number of terminal acetylenes is 1. The number of ether oxygens (including phenoxy) is 2. The molecule has 0 saturated carbocycles. The molecule has 2 saturated heterocycles. The highest BCUT2D eigenvalue weighted by Gasteiger charge is 2.43. The van der Waals surface area contributed by atoms with Gasteiger partial charge in [0.1, 0.15) is 9.40 Å². The van der Waals surface area contributed by atoms with Crippen LogP contribution >= 0.6 is 38.6 Å². The fourth-order valence-corrected chi connectivity index (χ4v) is 7.84. The van der Waals surface area contributed by atoms with Crippen molar-refractivity contribution in [3.8, 4) is 35.6 Å². The fraction of sp³-hybridized carbons (Fsp3) is 0.300. The van der Waals surface area contributed by atoms with E-state index < -0.39 is 29.0 Å². The number of carbonyl (C=O) groups is 4. The smallest absolute Gasteiger partial charge is 0.360 e. The van der Waals surface area contributed by atoms with Gasteiger partial charge in [0.15, 0.2) is 22.7 Å². The van der Waals surface area contributed by atoms with E-state index in [0.717, 1.165) is 14.9 Å². The molecule has 16 nitrogen and oxygen atoms in total. The number of likely N-dealkylation sites (tertiary alicyclic amines) is 2. The van der Waals surface area contributed by atoms with Gasteiger partial charge in [-0.2, -0.15) is 10.2 Å². The van der Waals surface area contributed by atoms with Crippen molar-refractivity contribution in [2.45, 2.75) is 37.9 Å². The molecule has 4 aromatic heterocycles. The number of hydrogen-bond acceptors (Lipinski definition) is 14. The summed E-state index contributed by atoms with van der Waals surface area (Å²) >= 11 is 6.12. The summed E-state index contributed by atoms with van der Waals surface area (Å²) in [7, 11) is 3.26. The average Bonchev–Trinajstić information content (AvgIpc) is 4.09. The van der Waals surface area contributed by atoms with Crippen molar-refractivity contribution in [1.29, 1.82) is 0 Å². The van der Waals surface area contributed by atoms with E-state index >= 15 is 0 Å². The maximum atomic E-state index is 12.2. The van der Waals surface area contributed by atoms with E-state index in [1.165, 1.54) is 32.5 Å². The van der Waals surface area contributed by atoms with Gasteiger partial charge in [0.25, 0.3) is 11.8 Å². The molecule has 0 radical (unpaired) electrons. The molecule has 2 aliphatic heterocycles. The monoisotopic (exact) mass is 900 g/mol. The van der Waals surface area contributed by atoms with Crippen molar-refractivity contribution in [3.63, 3.8) is 0 Å². The maximum absolute atomic E-state index is 12.2. The number of thiazole rings is 2. The Balaban J connectivity index is 0.000000168. The molecule has 6 aromatic rings. The minimum Gasteiger partial charge on any atom is -0.461 e. The van der Waals surface area contributed by atoms with Crippen LogP contribution in [0.3, 0.4) is 0 Å². The van der Waals surface area contributed by atoms with Crippen molar-refractivity contribution in [2.75, 3.05) is 40.4 Å². The second-order valence-corrected chi connectivity index (χ2v) is 15.7. The van der Waals surface area contributed by atoms with Gasteiger partial charge in [-0.25, -0.2) is 28.9 Å². The Morgan fingerprint density at radius 1 is 0.814 bits per heavy atom. The molecule has 2 atom stereocenters. The number of carbonyl (C=O) groups excluding carboxylic acids is 4. The van der Waals surface area contributed by atoms with Gasteiger partial charge in [-0.05, 0) is 50.2 Å². The fourth-order valence-electron chi connectivity index (χ4n) is 5.97. The lowest BCUT2D eigenvalue weighted by Gasteiger charge is -2.13. The molecule has 59 heavy (non-hydrogen) atoms. The number of likely N-dealkylation sites (N-methyl/N-ethyl adjacent to an activating group) is 2. The number of hydrogen-bond donors (Lipinski definition) is 2. The predicted octanol–water partition coefficient (Wildman–Crippen LogP) is 4.24. The van der Waals surface area contributed by atoms with Crippen LogP contribution in [0.1, 0.15) is 53.2 Å². The van der Waals surface area contributed by atoms with Crippen LogP contribution in [0.15, 0.2) is 64.0 Å². The second kappa shape index (κ2) is 17.9. The molecule has 2 fully saturated rings. The van der Waals surface area contributed by atoms with Crippen LogP contribution in [-0.4, -0.2) is 125 Å². The molecule has 0 bridgehead atoms. The number of aromatic nitrogens is 6. The highest BCUT2D eigenvalue weighted by Crippen LogP contribution is 2.28. The zero-order valence-electron chi connectivity index (χ0n) is 32.2. The summed E-state index contributed by atoms with van der Waals surface area (Å²) in [6, 6.07) is 14.8. The Labute approximate surface area is 354 Å². The average molecular weight is 902 g/mol. The van der Waals surface area contributed by atoms with Gasteiger partial charge in [-0.3, -0.25) is 9.59 Å². The minimum atomic E-state index is -1.66. The van der Waals surface area contributed by atoms with E-state index in [9.17, 15) is 29.4 Å². The summed E-state index contributed by atoms with van der Waals surface area (Å²) in [5.74, 6) is 5.99. The lowest BCUT2D eigenvalue weighted by atomic mass is 10.0. The second-order valence-electron chi connectivity index (χ2n) is 13.1. The Morgan fingerprint density at radius 3 is 1.75 bits per heavy atom. The number of rotatable bonds is 6. The lowest BCUT2D eigenvalue weighted by Crippen LogP contribution is -2.37. The Hall–Kier alpha value is -5.96. The van der Waals surface area contributed by atoms with Gasteiger partial charge in [0.05, 0.1) is 35.6 Å². The van der Waals surface area contributed by atoms with Crippen LogP contribution < -0.4 is 0 Å². The highest BCUT2D eigenvalue weighted by molar-refractivity contribution is 9.10. The molecule has 304 valence electrons. The van der Waals surface area contributed by atoms with Crippen molar-refractivity contribution in [2.24, 2.45) is 0 Å². The van der Waals surface area contributed by atoms with E-state index in [4.69, 9.17) is 15.9 Å². The maximum Gasteiger partial charge on any atom is 0.360 e. The van der Waals surface area contributed by atoms with Gasteiger partial charge < -0.3 is 29.5 Å². The first-order chi connectivity index (χ1) is 28.2. The van der Waals surface area contributed by atoms with Crippen LogP contribution in [0.2, 0.25) is 0 Å². The molecule has 2 aromatic carbocycles. The largest absolute Gasteiger partial charge is 0.461 e. The summed E-state index contributed by atoms with van der Waals surface area (Å²) in [6.45, 7) is 5.10. The molecule has 6 heterocycles. The topological polar surface area (TPSA) is 195 Å². The molecular formula is C40H37BrN8O8S2. The molecule has 19 heteroatoms. The van der Waals surface area contributed by atoms with Gasteiger partial charge >= 0.3 is 11.9 Å². The number of nitrogens with zero attached hydrogens (tertiary/aromatic N) is 8. The van der Waals surface area contributed by atoms with Crippen molar-refractivity contribution in [1.82, 2.24) is 39.3 Å². The number of amides is 2. The summed E-state index contributed by atoms with van der Waals surface area (Å²) in [6.07, 6.45) is 5.59. The minimum absolute atomic E-state index is 0.217. The summed E-state index contributed by atoms with van der Waals surface area (Å²) in [4.78, 5) is 58.7. The third-order valence-corrected chi connectivity index (χ3v) is 11.2. The first-order valence-corrected chi connectivity index (χ1v) is 20.6. The van der Waals surface area contributed by atoms with E-state index in [1.807, 2.05) is 30.3 Å². The molecule has 0 unspecified atom stereocenters. The van der Waals surface area contributed by atoms with Crippen LogP contribution in [-0.2, 0) is 19.1 Å². The highest BCUT2D eigenvalue weighted by atomic mass is 79.9. The van der Waals surface area contributed by atoms with Gasteiger partial charge in [0.2, 0.25) is 11.2 Å². The molecule has 2 N–H and O–H groups in total. The van der Waals surface area contributed by atoms with E-state index in [0.29, 0.717) is 59.1 Å². The van der Waals surface area contributed by atoms with Gasteiger partial charge in [-0.1, -0.05) is 45.8 Å². The Kier molecular flexibility index (Phi) is 12.9. The molecule has 2 aliphatic rings. The lowest BCUT2D eigenvalue weighted by molar-refractivity contribution is -0.138. The first-order valence-electron chi connectivity index (χ1n) is 18.1. The normalized spacial score (nSPS) is 18.4. The van der Waals surface area contributed by atoms with E-state index in [2.05, 4.69) is 53.9 Å². The number of esters is 2. The van der Waals surface area contributed by atoms with E-state index in [1.54, 1.807) is 66.5 Å². The van der Waals surface area contributed by atoms with Crippen LogP contribution in [0.4, 0.5) is 0 Å². The van der Waals surface area contributed by atoms with Gasteiger partial charge in [-0.15, -0.1) is 29.1 Å². The van der Waals surface area contributed by atoms with Crippen LogP contribution in [0.5, 0.6) is 0 Å². The van der Waals surface area contributed by atoms with Gasteiger partial charge in [0, 0.05) is 50.1 Å². The molecule has 0 spiro atoms. The summed E-state index contributed by atoms with van der Waals surface area (Å²) in [5.41, 5.74) is 4.01. The Bertz CT molecular complexity index is 2670. The van der Waals surface area contributed by atoms with Crippen molar-refractivity contribution < 1.29 is 38.9 Å². The summed E-state index contributed by atoms with van der Waals surface area (Å²) in [5, 5.41) is 28.5. The molecule has 2 amide bonds. The third kappa shape index (κ3) is 8.89. The number of halogens is 1. The predicted molar refractivity (Wildman–Crippen MR) is 223 cm³/mol. The van der Waals surface area contributed by atoms with E-state index in [-0.39, 0.29) is 24.6 Å². The van der Waals surface area contributed by atoms with Crippen LogP contribution in [0.25, 0.3) is 32.1 Å². The molecule has 0 aliphatic carbocycles. The molecular weight excluding hydrogens is 865 g/mol. The number of fused-ring (bicyclic) bond motifs is 2. The zero-order chi connectivity index (χ0) is 42.5. The third-order valence-electron chi connectivity index (χ3n) is 9.08. The number of aliphatic hydroxyl groups is 2. The van der Waals surface area contributed by atoms with Crippen molar-refractivity contribution in [3.05, 3.63) is 81.0 Å². The SMILES string of the molecule is C#C[C@]1(O)CCN(C)C1=O.CCOC(=O)c1nn(-c2cccc(Br)c2)c2ncsc12.CCOC(=O)c1nn(-c2cccc(C#C[C@]3(O)CCN(C)C3=O)c2)c2ncsc12. The summed E-state index contributed by atoms with van der Waals surface area (Å²) < 4.78 is 15.7. The Morgan fingerprint density at radius 2 is 1.31 bits per heavy atom. The first kappa shape index (κ1) is 42.6. The quantitative estimate of drug-likeness (QED) is 0.179.